The van der Waals surface area contributed by atoms with Gasteiger partial charge in [0.1, 0.15) is 4.75 Å². The van der Waals surface area contributed by atoms with Gasteiger partial charge in [0.15, 0.2) is 16.1 Å². The van der Waals surface area contributed by atoms with Crippen LogP contribution in [0.3, 0.4) is 0 Å². The number of carbonyl (C=O) groups is 1. The normalized spacial score (nSPS) is 26.4. The van der Waals surface area contributed by atoms with E-state index in [4.69, 9.17) is 9.57 Å². The first kappa shape index (κ1) is 22.0. The highest BCUT2D eigenvalue weighted by atomic mass is 32.2. The lowest BCUT2D eigenvalue weighted by molar-refractivity contribution is -0.200. The van der Waals surface area contributed by atoms with Crippen LogP contribution < -0.4 is 5.48 Å². The molecule has 30 heavy (non-hydrogen) atoms. The molecule has 0 aliphatic carbocycles. The maximum Gasteiger partial charge on any atom is 0.245 e. The van der Waals surface area contributed by atoms with Gasteiger partial charge in [0.2, 0.25) is 5.91 Å². The Balaban J connectivity index is 1.56. The van der Waals surface area contributed by atoms with Gasteiger partial charge in [-0.3, -0.25) is 4.79 Å². The molecule has 2 saturated heterocycles. The van der Waals surface area contributed by atoms with Crippen molar-refractivity contribution in [3.05, 3.63) is 34.0 Å². The molecule has 2 aliphatic rings. The third-order valence-corrected chi connectivity index (χ3v) is 11.0. The van der Waals surface area contributed by atoms with Crippen LogP contribution in [0.4, 0.5) is 0 Å². The molecule has 0 aromatic carbocycles. The summed E-state index contributed by atoms with van der Waals surface area (Å²) in [5.74, 6) is -0.311. The average molecular weight is 470 g/mol. The third kappa shape index (κ3) is 4.50. The Hall–Kier alpha value is -1.26. The highest BCUT2D eigenvalue weighted by Crippen LogP contribution is 2.47. The Kier molecular flexibility index (Phi) is 6.64. The predicted molar refractivity (Wildman–Crippen MR) is 119 cm³/mol. The number of carbonyl (C=O) groups excluding carboxylic acids is 1. The Labute approximate surface area is 185 Å². The summed E-state index contributed by atoms with van der Waals surface area (Å²) in [4.78, 5) is 21.1. The zero-order valence-electron chi connectivity index (χ0n) is 17.0. The van der Waals surface area contributed by atoms with Crippen molar-refractivity contribution in [2.75, 3.05) is 12.4 Å². The number of amides is 1. The zero-order chi connectivity index (χ0) is 21.2. The molecule has 1 unspecified atom stereocenters. The molecule has 2 aromatic rings. The summed E-state index contributed by atoms with van der Waals surface area (Å²) in [6.45, 7) is 2.65. The predicted octanol–water partition coefficient (Wildman–Crippen LogP) is 4.54. The van der Waals surface area contributed by atoms with E-state index in [-0.39, 0.29) is 12.2 Å². The van der Waals surface area contributed by atoms with Crippen molar-refractivity contribution in [3.63, 3.8) is 0 Å². The molecular weight excluding hydrogens is 442 g/mol. The van der Waals surface area contributed by atoms with Crippen LogP contribution in [0.2, 0.25) is 0 Å². The van der Waals surface area contributed by atoms with Gasteiger partial charge in [-0.1, -0.05) is 6.42 Å². The SMILES string of the molecule is Cc1csc(-c2ccc([C@@]3(CC(=O)NOC4CCCCO4)CCCCS3(=O)=O)s2)c1. The van der Waals surface area contributed by atoms with Gasteiger partial charge in [0, 0.05) is 27.7 Å². The fourth-order valence-electron chi connectivity index (χ4n) is 4.12. The van der Waals surface area contributed by atoms with Crippen molar-refractivity contribution in [2.45, 2.75) is 62.9 Å². The van der Waals surface area contributed by atoms with Gasteiger partial charge in [-0.25, -0.2) is 18.7 Å². The van der Waals surface area contributed by atoms with Gasteiger partial charge in [0.25, 0.3) is 0 Å². The van der Waals surface area contributed by atoms with E-state index in [9.17, 15) is 13.2 Å². The Morgan fingerprint density at radius 1 is 1.27 bits per heavy atom. The van der Waals surface area contributed by atoms with Gasteiger partial charge in [-0.05, 0) is 61.7 Å². The van der Waals surface area contributed by atoms with Crippen LogP contribution in [0.15, 0.2) is 23.6 Å². The topological polar surface area (TPSA) is 81.7 Å². The molecule has 2 aliphatic heterocycles. The second-order valence-corrected chi connectivity index (χ2v) is 12.5. The van der Waals surface area contributed by atoms with Crippen LogP contribution in [0, 0.1) is 6.92 Å². The van der Waals surface area contributed by atoms with Crippen LogP contribution in [-0.2, 0) is 29.0 Å². The number of hydroxylamine groups is 1. The zero-order valence-corrected chi connectivity index (χ0v) is 19.5. The summed E-state index contributed by atoms with van der Waals surface area (Å²) in [6.07, 6.45) is 3.97. The molecule has 2 fully saturated rings. The third-order valence-electron chi connectivity index (χ3n) is 5.76. The molecule has 0 spiro atoms. The fourth-order valence-corrected chi connectivity index (χ4v) is 8.90. The summed E-state index contributed by atoms with van der Waals surface area (Å²) >= 11 is 3.13. The molecule has 0 bridgehead atoms. The Morgan fingerprint density at radius 3 is 2.83 bits per heavy atom. The maximum atomic E-state index is 13.3. The van der Waals surface area contributed by atoms with Crippen molar-refractivity contribution >= 4 is 38.4 Å². The number of rotatable bonds is 6. The van der Waals surface area contributed by atoms with Gasteiger partial charge < -0.3 is 4.74 Å². The second kappa shape index (κ2) is 9.08. The maximum absolute atomic E-state index is 13.3. The van der Waals surface area contributed by atoms with Crippen LogP contribution >= 0.6 is 22.7 Å². The number of aryl methyl sites for hydroxylation is 1. The molecular formula is C21H27NO5S3. The number of thiophene rings is 2. The van der Waals surface area contributed by atoms with Crippen LogP contribution in [0.1, 0.15) is 55.4 Å². The lowest BCUT2D eigenvalue weighted by atomic mass is 9.94. The van der Waals surface area contributed by atoms with E-state index >= 15 is 0 Å². The highest BCUT2D eigenvalue weighted by Gasteiger charge is 2.49. The van der Waals surface area contributed by atoms with E-state index in [1.165, 1.54) is 16.9 Å². The van der Waals surface area contributed by atoms with Crippen LogP contribution in [-0.4, -0.2) is 33.0 Å². The van der Waals surface area contributed by atoms with Gasteiger partial charge >= 0.3 is 0 Å². The minimum Gasteiger partial charge on any atom is -0.350 e. The molecule has 0 saturated carbocycles. The van der Waals surface area contributed by atoms with Gasteiger partial charge in [0.05, 0.1) is 12.2 Å². The molecule has 1 N–H and O–H groups in total. The Bertz CT molecular complexity index is 990. The van der Waals surface area contributed by atoms with Gasteiger partial charge in [-0.15, -0.1) is 22.7 Å². The molecule has 6 nitrogen and oxygen atoms in total. The monoisotopic (exact) mass is 469 g/mol. The molecule has 2 aromatic heterocycles. The standard InChI is InChI=1S/C21H27NO5S3/c1-15-12-17(28-14-15)16-7-8-18(29-16)21(9-3-5-11-30(21,24)25)13-19(23)22-27-20-6-2-4-10-26-20/h7-8,12,14,20H,2-6,9-11,13H2,1H3,(H,22,23)/t20?,21-/m0/s1. The number of sulfone groups is 1. The van der Waals surface area contributed by atoms with E-state index in [1.54, 1.807) is 11.3 Å². The first-order chi connectivity index (χ1) is 14.4. The number of hydrogen-bond acceptors (Lipinski definition) is 7. The number of hydrogen-bond donors (Lipinski definition) is 1. The van der Waals surface area contributed by atoms with Crippen LogP contribution in [0.5, 0.6) is 0 Å². The quantitative estimate of drug-likeness (QED) is 0.628. The van der Waals surface area contributed by atoms with Crippen molar-refractivity contribution < 1.29 is 22.8 Å². The van der Waals surface area contributed by atoms with Crippen LogP contribution in [0.25, 0.3) is 9.75 Å². The van der Waals surface area contributed by atoms with E-state index in [0.717, 1.165) is 40.3 Å². The molecule has 9 heteroatoms. The smallest absolute Gasteiger partial charge is 0.245 e. The number of nitrogens with one attached hydrogen (secondary N) is 1. The minimum atomic E-state index is -3.47. The lowest BCUT2D eigenvalue weighted by Gasteiger charge is -2.35. The fraction of sp³-hybridized carbons (Fsp3) is 0.571. The summed E-state index contributed by atoms with van der Waals surface area (Å²) in [5.41, 5.74) is 3.64. The second-order valence-electron chi connectivity index (χ2n) is 8.04. The first-order valence-electron chi connectivity index (χ1n) is 10.3. The molecule has 4 rings (SSSR count). The first-order valence-corrected chi connectivity index (χ1v) is 13.7. The largest absolute Gasteiger partial charge is 0.350 e. The van der Waals surface area contributed by atoms with E-state index in [0.29, 0.717) is 19.4 Å². The molecule has 164 valence electrons. The molecule has 4 heterocycles. The van der Waals surface area contributed by atoms with E-state index in [1.807, 2.05) is 19.1 Å². The van der Waals surface area contributed by atoms with Gasteiger partial charge in [-0.2, -0.15) is 0 Å². The van der Waals surface area contributed by atoms with E-state index < -0.39 is 26.8 Å². The van der Waals surface area contributed by atoms with Crippen molar-refractivity contribution in [3.8, 4) is 9.75 Å². The van der Waals surface area contributed by atoms with Crippen molar-refractivity contribution in [2.24, 2.45) is 0 Å². The molecule has 1 amide bonds. The summed E-state index contributed by atoms with van der Waals surface area (Å²) < 4.78 is 30.8. The number of ether oxygens (including phenoxy) is 1. The highest BCUT2D eigenvalue weighted by molar-refractivity contribution is 7.92. The van der Waals surface area contributed by atoms with E-state index in [2.05, 4.69) is 16.9 Å². The summed E-state index contributed by atoms with van der Waals surface area (Å²) in [7, 11) is -3.47. The van der Waals surface area contributed by atoms with Crippen molar-refractivity contribution in [1.29, 1.82) is 0 Å². The Morgan fingerprint density at radius 2 is 2.13 bits per heavy atom. The molecule has 0 radical (unpaired) electrons. The average Bonchev–Trinajstić information content (AvgIpc) is 3.38. The van der Waals surface area contributed by atoms with Crippen molar-refractivity contribution in [1.82, 2.24) is 5.48 Å². The minimum absolute atomic E-state index is 0.109. The summed E-state index contributed by atoms with van der Waals surface area (Å²) in [6, 6.07) is 5.96. The molecule has 2 atom stereocenters. The lowest BCUT2D eigenvalue weighted by Crippen LogP contribution is -2.45. The summed E-state index contributed by atoms with van der Waals surface area (Å²) in [5, 5.41) is 2.08.